The number of hydrogen-bond acceptors (Lipinski definition) is 4. The van der Waals surface area contributed by atoms with E-state index in [1.807, 2.05) is 12.1 Å². The second-order valence-electron chi connectivity index (χ2n) is 7.37. The van der Waals surface area contributed by atoms with Gasteiger partial charge < -0.3 is 14.5 Å². The van der Waals surface area contributed by atoms with E-state index in [9.17, 15) is 22.4 Å². The Bertz CT molecular complexity index is 911. The van der Waals surface area contributed by atoms with Crippen LogP contribution in [0.2, 0.25) is 0 Å². The number of benzene rings is 2. The van der Waals surface area contributed by atoms with E-state index >= 15 is 0 Å². The smallest absolute Gasteiger partial charge is 0.398 e. The lowest BCUT2D eigenvalue weighted by molar-refractivity contribution is -0.130. The zero-order valence-electron chi connectivity index (χ0n) is 17.3. The molecule has 0 spiro atoms. The minimum Gasteiger partial charge on any atom is -0.497 e. The van der Waals surface area contributed by atoms with Crippen LogP contribution in [0.25, 0.3) is 0 Å². The molecule has 4 nitrogen and oxygen atoms in total. The minimum absolute atomic E-state index is 0.0179. The molecule has 3 rings (SSSR count). The molecule has 9 heteroatoms. The van der Waals surface area contributed by atoms with Crippen molar-refractivity contribution in [3.8, 4) is 5.75 Å². The van der Waals surface area contributed by atoms with Crippen molar-refractivity contribution in [2.45, 2.75) is 24.4 Å². The summed E-state index contributed by atoms with van der Waals surface area (Å²) in [6.45, 7) is 3.28. The molecule has 2 aromatic rings. The van der Waals surface area contributed by atoms with Crippen molar-refractivity contribution in [2.24, 2.45) is 0 Å². The highest BCUT2D eigenvalue weighted by molar-refractivity contribution is 7.99. The first-order chi connectivity index (χ1) is 14.7. The molecule has 0 aromatic heterocycles. The topological polar surface area (TPSA) is 32.8 Å². The van der Waals surface area contributed by atoms with E-state index in [2.05, 4.69) is 0 Å². The number of hydrogen-bond donors (Lipinski definition) is 0. The van der Waals surface area contributed by atoms with Crippen molar-refractivity contribution >= 4 is 23.4 Å². The first kappa shape index (κ1) is 23.2. The first-order valence-corrected chi connectivity index (χ1v) is 10.8. The van der Waals surface area contributed by atoms with Crippen molar-refractivity contribution in [3.05, 3.63) is 53.3 Å². The Morgan fingerprint density at radius 1 is 1.10 bits per heavy atom. The van der Waals surface area contributed by atoms with Crippen LogP contribution in [0, 0.1) is 12.7 Å². The molecule has 1 saturated heterocycles. The molecule has 1 fully saturated rings. The Morgan fingerprint density at radius 3 is 2.32 bits per heavy atom. The molecule has 0 N–H and O–H groups in total. The number of nitrogens with zero attached hydrogens (tertiary/aromatic N) is 2. The number of anilines is 1. The molecule has 1 aliphatic heterocycles. The summed E-state index contributed by atoms with van der Waals surface area (Å²) in [7, 11) is 1.58. The Labute approximate surface area is 183 Å². The first-order valence-electron chi connectivity index (χ1n) is 9.81. The van der Waals surface area contributed by atoms with Crippen LogP contribution >= 0.6 is 11.8 Å². The predicted molar refractivity (Wildman–Crippen MR) is 113 cm³/mol. The summed E-state index contributed by atoms with van der Waals surface area (Å²) in [6, 6.07) is 10.0. The number of carbonyl (C=O) groups excluding carboxylic acids is 1. The number of alkyl halides is 3. The van der Waals surface area contributed by atoms with Crippen LogP contribution < -0.4 is 9.64 Å². The molecule has 0 bridgehead atoms. The quantitative estimate of drug-likeness (QED) is 0.467. The zero-order chi connectivity index (χ0) is 22.6. The third-order valence-electron chi connectivity index (χ3n) is 5.12. The second kappa shape index (κ2) is 9.80. The Kier molecular flexibility index (Phi) is 7.35. The van der Waals surface area contributed by atoms with Gasteiger partial charge in [0, 0.05) is 31.1 Å². The SMILES string of the molecule is COc1ccc(CC(=O)N2CCN(c3cc(SCC(F)(F)F)c(C)cc3F)CC2)cc1. The Balaban J connectivity index is 1.61. The fourth-order valence-electron chi connectivity index (χ4n) is 3.43. The van der Waals surface area contributed by atoms with Crippen LogP contribution in [0.4, 0.5) is 23.2 Å². The number of ether oxygens (including phenoxy) is 1. The lowest BCUT2D eigenvalue weighted by Crippen LogP contribution is -2.49. The summed E-state index contributed by atoms with van der Waals surface area (Å²) >= 11 is 0.658. The number of piperazine rings is 1. The van der Waals surface area contributed by atoms with Crippen molar-refractivity contribution < 1.29 is 27.1 Å². The van der Waals surface area contributed by atoms with Crippen LogP contribution in [0.3, 0.4) is 0 Å². The molecule has 0 saturated carbocycles. The predicted octanol–water partition coefficient (Wildman–Crippen LogP) is 4.69. The molecule has 2 aromatic carbocycles. The Hall–Kier alpha value is -2.42. The van der Waals surface area contributed by atoms with E-state index in [-0.39, 0.29) is 18.0 Å². The molecular weight excluding hydrogens is 432 g/mol. The van der Waals surface area contributed by atoms with Gasteiger partial charge in [0.1, 0.15) is 11.6 Å². The average Bonchev–Trinajstić information content (AvgIpc) is 2.73. The molecule has 0 unspecified atom stereocenters. The van der Waals surface area contributed by atoms with Crippen LogP contribution in [-0.2, 0) is 11.2 Å². The highest BCUT2D eigenvalue weighted by Gasteiger charge is 2.28. The van der Waals surface area contributed by atoms with Crippen molar-refractivity contribution in [2.75, 3.05) is 43.9 Å². The summed E-state index contributed by atoms with van der Waals surface area (Å²) in [5, 5.41) is 0. The van der Waals surface area contributed by atoms with Gasteiger partial charge in [0.25, 0.3) is 0 Å². The zero-order valence-corrected chi connectivity index (χ0v) is 18.2. The van der Waals surface area contributed by atoms with Gasteiger partial charge in [-0.3, -0.25) is 4.79 Å². The van der Waals surface area contributed by atoms with Gasteiger partial charge in [-0.05, 0) is 42.3 Å². The van der Waals surface area contributed by atoms with Gasteiger partial charge in [-0.15, -0.1) is 11.8 Å². The number of aryl methyl sites for hydroxylation is 1. The number of halogens is 4. The molecule has 0 radical (unpaired) electrons. The molecular formula is C22H24F4N2O2S. The summed E-state index contributed by atoms with van der Waals surface area (Å²) in [6.07, 6.45) is -4.03. The number of carbonyl (C=O) groups is 1. The third-order valence-corrected chi connectivity index (χ3v) is 6.35. The Morgan fingerprint density at radius 2 is 1.74 bits per heavy atom. The van der Waals surface area contributed by atoms with Gasteiger partial charge in [-0.2, -0.15) is 13.2 Å². The van der Waals surface area contributed by atoms with Gasteiger partial charge in [-0.25, -0.2) is 4.39 Å². The second-order valence-corrected chi connectivity index (χ2v) is 8.38. The third kappa shape index (κ3) is 6.29. The molecule has 31 heavy (non-hydrogen) atoms. The standard InChI is InChI=1S/C22H24F4N2O2S/c1-15-11-18(23)19(13-20(15)31-14-22(24,25)26)27-7-9-28(10-8-27)21(29)12-16-3-5-17(30-2)6-4-16/h3-6,11,13H,7-10,12,14H2,1-2H3. The largest absolute Gasteiger partial charge is 0.497 e. The van der Waals surface area contributed by atoms with E-state index in [1.165, 1.54) is 12.1 Å². The van der Waals surface area contributed by atoms with Crippen LogP contribution in [0.15, 0.2) is 41.3 Å². The van der Waals surface area contributed by atoms with Crippen molar-refractivity contribution in [3.63, 3.8) is 0 Å². The normalized spacial score (nSPS) is 14.6. The average molecular weight is 457 g/mol. The molecule has 1 amide bonds. The molecule has 168 valence electrons. The van der Waals surface area contributed by atoms with E-state index < -0.39 is 17.7 Å². The highest BCUT2D eigenvalue weighted by atomic mass is 32.2. The van der Waals surface area contributed by atoms with E-state index in [4.69, 9.17) is 4.74 Å². The summed E-state index contributed by atoms with van der Waals surface area (Å²) in [5.41, 5.74) is 1.63. The van der Waals surface area contributed by atoms with Crippen LogP contribution in [0.5, 0.6) is 5.75 Å². The van der Waals surface area contributed by atoms with Crippen LogP contribution in [0.1, 0.15) is 11.1 Å². The molecule has 1 heterocycles. The highest BCUT2D eigenvalue weighted by Crippen LogP contribution is 2.34. The molecule has 0 atom stereocenters. The van der Waals surface area contributed by atoms with Gasteiger partial charge in [-0.1, -0.05) is 12.1 Å². The maximum atomic E-state index is 14.5. The van der Waals surface area contributed by atoms with Crippen LogP contribution in [-0.4, -0.2) is 56.0 Å². The van der Waals surface area contributed by atoms with Crippen molar-refractivity contribution in [1.82, 2.24) is 4.90 Å². The van der Waals surface area contributed by atoms with Gasteiger partial charge in [0.2, 0.25) is 5.91 Å². The number of methoxy groups -OCH3 is 1. The molecule has 1 aliphatic rings. The lowest BCUT2D eigenvalue weighted by Gasteiger charge is -2.36. The van der Waals surface area contributed by atoms with Crippen molar-refractivity contribution in [1.29, 1.82) is 0 Å². The molecule has 0 aliphatic carbocycles. The fourth-order valence-corrected chi connectivity index (χ4v) is 4.23. The van der Waals surface area contributed by atoms with E-state index in [0.29, 0.717) is 48.4 Å². The maximum absolute atomic E-state index is 14.5. The monoisotopic (exact) mass is 456 g/mol. The number of rotatable bonds is 6. The van der Waals surface area contributed by atoms with Gasteiger partial charge >= 0.3 is 6.18 Å². The fraction of sp³-hybridized carbons (Fsp3) is 0.409. The summed E-state index contributed by atoms with van der Waals surface area (Å²) in [5.74, 6) is -0.785. The van der Waals surface area contributed by atoms with Gasteiger partial charge in [0.05, 0.1) is 25.0 Å². The summed E-state index contributed by atoms with van der Waals surface area (Å²) < 4.78 is 57.4. The van der Waals surface area contributed by atoms with E-state index in [1.54, 1.807) is 36.0 Å². The maximum Gasteiger partial charge on any atom is 0.398 e. The lowest BCUT2D eigenvalue weighted by atomic mass is 10.1. The number of amides is 1. The summed E-state index contributed by atoms with van der Waals surface area (Å²) in [4.78, 5) is 16.5. The minimum atomic E-state index is -4.29. The number of thioether (sulfide) groups is 1. The van der Waals surface area contributed by atoms with E-state index in [0.717, 1.165) is 11.3 Å². The van der Waals surface area contributed by atoms with Gasteiger partial charge in [0.15, 0.2) is 0 Å².